The van der Waals surface area contributed by atoms with Crippen molar-refractivity contribution in [1.82, 2.24) is 0 Å². The molecule has 1 atom stereocenters. The monoisotopic (exact) mass is 281 g/mol. The van der Waals surface area contributed by atoms with E-state index < -0.39 is 0 Å². The van der Waals surface area contributed by atoms with E-state index in [9.17, 15) is 0 Å². The molecule has 2 rings (SSSR count). The lowest BCUT2D eigenvalue weighted by atomic mass is 9.99. The molecule has 0 aromatic heterocycles. The lowest BCUT2D eigenvalue weighted by Gasteiger charge is -2.34. The number of anilines is 1. The highest BCUT2D eigenvalue weighted by molar-refractivity contribution is 5.48. The van der Waals surface area contributed by atoms with Crippen molar-refractivity contribution in [3.63, 3.8) is 0 Å². The van der Waals surface area contributed by atoms with Crippen molar-refractivity contribution >= 4 is 5.69 Å². The number of rotatable bonds is 8. The fourth-order valence-corrected chi connectivity index (χ4v) is 2.86. The first-order valence-electron chi connectivity index (χ1n) is 8.23. The largest absolute Gasteiger partial charge is 0.364 e. The zero-order valence-corrected chi connectivity index (χ0v) is 13.3. The van der Waals surface area contributed by atoms with E-state index in [0.29, 0.717) is 6.04 Å². The fourth-order valence-electron chi connectivity index (χ4n) is 2.86. The van der Waals surface area contributed by atoms with Crippen molar-refractivity contribution < 1.29 is 0 Å². The minimum atomic E-state index is 0.477. The predicted octanol–water partition coefficient (Wildman–Crippen LogP) is 5.83. The quantitative estimate of drug-likeness (QED) is 0.588. The Morgan fingerprint density at radius 2 is 1.43 bits per heavy atom. The molecule has 0 heterocycles. The summed E-state index contributed by atoms with van der Waals surface area (Å²) in [5.74, 6) is 0. The van der Waals surface area contributed by atoms with Crippen LogP contribution in [0.1, 0.15) is 51.1 Å². The molecular weight excluding hydrogens is 254 g/mol. The van der Waals surface area contributed by atoms with Gasteiger partial charge in [0, 0.05) is 12.2 Å². The van der Waals surface area contributed by atoms with Gasteiger partial charge >= 0.3 is 0 Å². The summed E-state index contributed by atoms with van der Waals surface area (Å²) in [4.78, 5) is 2.59. The Labute approximate surface area is 129 Å². The molecule has 1 unspecified atom stereocenters. The Hall–Kier alpha value is -1.76. The van der Waals surface area contributed by atoms with Gasteiger partial charge in [0.15, 0.2) is 0 Å². The summed E-state index contributed by atoms with van der Waals surface area (Å²) in [6, 6.07) is 22.3. The summed E-state index contributed by atoms with van der Waals surface area (Å²) in [5, 5.41) is 0. The molecule has 2 aromatic rings. The van der Waals surface area contributed by atoms with E-state index in [-0.39, 0.29) is 0 Å². The molecule has 21 heavy (non-hydrogen) atoms. The SMILES string of the molecule is CCCCN(c1ccccc1)C(CCC)c1ccccc1. The number of hydrogen-bond donors (Lipinski definition) is 0. The van der Waals surface area contributed by atoms with Crippen LogP contribution in [0.2, 0.25) is 0 Å². The zero-order valence-electron chi connectivity index (χ0n) is 13.3. The molecule has 0 aliphatic rings. The Morgan fingerprint density at radius 3 is 2.00 bits per heavy atom. The first-order chi connectivity index (χ1) is 10.4. The number of para-hydroxylation sites is 1. The third-order valence-corrected chi connectivity index (χ3v) is 3.96. The molecule has 1 heteroatoms. The Kier molecular flexibility index (Phi) is 6.33. The van der Waals surface area contributed by atoms with Crippen molar-refractivity contribution in [2.75, 3.05) is 11.4 Å². The van der Waals surface area contributed by atoms with E-state index in [0.717, 1.165) is 6.54 Å². The highest BCUT2D eigenvalue weighted by atomic mass is 15.2. The van der Waals surface area contributed by atoms with Crippen molar-refractivity contribution in [3.05, 3.63) is 66.2 Å². The molecule has 0 radical (unpaired) electrons. The van der Waals surface area contributed by atoms with Gasteiger partial charge in [-0.25, -0.2) is 0 Å². The first kappa shape index (κ1) is 15.6. The summed E-state index contributed by atoms with van der Waals surface area (Å²) in [6.45, 7) is 5.67. The molecule has 0 bridgehead atoms. The first-order valence-corrected chi connectivity index (χ1v) is 8.23. The average Bonchev–Trinajstić information content (AvgIpc) is 2.56. The Bertz CT molecular complexity index is 492. The van der Waals surface area contributed by atoms with Crippen molar-refractivity contribution in [2.45, 2.75) is 45.6 Å². The standard InChI is InChI=1S/C20H27N/c1-3-5-17-21(19-15-10-7-11-16-19)20(12-4-2)18-13-8-6-9-14-18/h6-11,13-16,20H,3-5,12,17H2,1-2H3. The van der Waals surface area contributed by atoms with Crippen LogP contribution in [0.5, 0.6) is 0 Å². The lowest BCUT2D eigenvalue weighted by Crippen LogP contribution is -2.29. The second-order valence-electron chi connectivity index (χ2n) is 5.60. The van der Waals surface area contributed by atoms with Gasteiger partial charge in [0.1, 0.15) is 0 Å². The van der Waals surface area contributed by atoms with E-state index in [1.165, 1.54) is 36.9 Å². The number of nitrogens with zero attached hydrogens (tertiary/aromatic N) is 1. The van der Waals surface area contributed by atoms with Gasteiger partial charge in [-0.15, -0.1) is 0 Å². The highest BCUT2D eigenvalue weighted by Crippen LogP contribution is 2.31. The van der Waals surface area contributed by atoms with Gasteiger partial charge in [-0.05, 0) is 30.5 Å². The maximum absolute atomic E-state index is 2.59. The normalized spacial score (nSPS) is 12.1. The van der Waals surface area contributed by atoms with Crippen LogP contribution in [0.4, 0.5) is 5.69 Å². The zero-order chi connectivity index (χ0) is 14.9. The smallest absolute Gasteiger partial charge is 0.0542 e. The van der Waals surface area contributed by atoms with Crippen molar-refractivity contribution in [3.8, 4) is 0 Å². The second-order valence-corrected chi connectivity index (χ2v) is 5.60. The minimum Gasteiger partial charge on any atom is -0.364 e. The van der Waals surface area contributed by atoms with Gasteiger partial charge in [0.05, 0.1) is 6.04 Å². The molecule has 0 aliphatic carbocycles. The molecule has 0 N–H and O–H groups in total. The minimum absolute atomic E-state index is 0.477. The summed E-state index contributed by atoms with van der Waals surface area (Å²) >= 11 is 0. The van der Waals surface area contributed by atoms with Crippen LogP contribution < -0.4 is 4.90 Å². The van der Waals surface area contributed by atoms with Crippen LogP contribution in [-0.4, -0.2) is 6.54 Å². The van der Waals surface area contributed by atoms with Crippen LogP contribution in [0.15, 0.2) is 60.7 Å². The van der Waals surface area contributed by atoms with Crippen LogP contribution in [0, 0.1) is 0 Å². The highest BCUT2D eigenvalue weighted by Gasteiger charge is 2.19. The number of hydrogen-bond acceptors (Lipinski definition) is 1. The van der Waals surface area contributed by atoms with Gasteiger partial charge in [-0.1, -0.05) is 75.2 Å². The maximum atomic E-state index is 2.59. The second kappa shape index (κ2) is 8.51. The summed E-state index contributed by atoms with van der Waals surface area (Å²) in [5.41, 5.74) is 2.77. The van der Waals surface area contributed by atoms with E-state index in [1.807, 2.05) is 0 Å². The Balaban J connectivity index is 2.31. The average molecular weight is 281 g/mol. The van der Waals surface area contributed by atoms with Crippen LogP contribution in [-0.2, 0) is 0 Å². The molecule has 0 saturated carbocycles. The molecule has 112 valence electrons. The predicted molar refractivity (Wildman–Crippen MR) is 92.8 cm³/mol. The molecule has 1 nitrogen and oxygen atoms in total. The molecule has 0 fully saturated rings. The van der Waals surface area contributed by atoms with E-state index in [4.69, 9.17) is 0 Å². The van der Waals surface area contributed by atoms with Gasteiger partial charge in [-0.3, -0.25) is 0 Å². The third-order valence-electron chi connectivity index (χ3n) is 3.96. The lowest BCUT2D eigenvalue weighted by molar-refractivity contribution is 0.554. The molecule has 0 spiro atoms. The van der Waals surface area contributed by atoms with Gasteiger partial charge < -0.3 is 4.90 Å². The van der Waals surface area contributed by atoms with Crippen LogP contribution >= 0.6 is 0 Å². The van der Waals surface area contributed by atoms with Crippen LogP contribution in [0.3, 0.4) is 0 Å². The van der Waals surface area contributed by atoms with E-state index in [2.05, 4.69) is 79.4 Å². The van der Waals surface area contributed by atoms with Crippen LogP contribution in [0.25, 0.3) is 0 Å². The Morgan fingerprint density at radius 1 is 0.810 bits per heavy atom. The molecule has 2 aromatic carbocycles. The third kappa shape index (κ3) is 4.35. The van der Waals surface area contributed by atoms with Gasteiger partial charge in [0.2, 0.25) is 0 Å². The maximum Gasteiger partial charge on any atom is 0.0542 e. The summed E-state index contributed by atoms with van der Waals surface area (Å²) in [6.07, 6.45) is 4.87. The molecule has 0 amide bonds. The topological polar surface area (TPSA) is 3.24 Å². The van der Waals surface area contributed by atoms with Crippen molar-refractivity contribution in [1.29, 1.82) is 0 Å². The van der Waals surface area contributed by atoms with Gasteiger partial charge in [0.25, 0.3) is 0 Å². The summed E-state index contributed by atoms with van der Waals surface area (Å²) < 4.78 is 0. The molecule has 0 saturated heterocycles. The molecular formula is C20H27N. The van der Waals surface area contributed by atoms with Gasteiger partial charge in [-0.2, -0.15) is 0 Å². The fraction of sp³-hybridized carbons (Fsp3) is 0.400. The van der Waals surface area contributed by atoms with E-state index in [1.54, 1.807) is 0 Å². The number of benzene rings is 2. The number of unbranched alkanes of at least 4 members (excludes halogenated alkanes) is 1. The molecule has 0 aliphatic heterocycles. The van der Waals surface area contributed by atoms with E-state index >= 15 is 0 Å². The van der Waals surface area contributed by atoms with Crippen molar-refractivity contribution in [2.24, 2.45) is 0 Å². The summed E-state index contributed by atoms with van der Waals surface area (Å²) in [7, 11) is 0.